The lowest BCUT2D eigenvalue weighted by molar-refractivity contribution is 0.360. The topological polar surface area (TPSA) is 37.8 Å². The fourth-order valence-electron chi connectivity index (χ4n) is 3.82. The third-order valence-electron chi connectivity index (χ3n) is 5.40. The van der Waals surface area contributed by atoms with Gasteiger partial charge in [-0.25, -0.2) is 4.98 Å². The van der Waals surface area contributed by atoms with E-state index in [2.05, 4.69) is 33.6 Å². The van der Waals surface area contributed by atoms with Crippen molar-refractivity contribution in [1.29, 1.82) is 0 Å². The molecule has 2 heterocycles. The number of hydrogen-bond donors (Lipinski definition) is 1. The monoisotopic (exact) mass is 327 g/mol. The first-order chi connectivity index (χ1) is 11.4. The van der Waals surface area contributed by atoms with Crippen LogP contribution in [0.15, 0.2) is 30.6 Å². The normalized spacial score (nSPS) is 20.5. The third kappa shape index (κ3) is 3.48. The Balaban J connectivity index is 1.43. The molecule has 122 valence electrons. The van der Waals surface area contributed by atoms with Crippen molar-refractivity contribution in [2.75, 3.05) is 0 Å². The Morgan fingerprint density at radius 3 is 2.65 bits per heavy atom. The average Bonchev–Trinajstić information content (AvgIpc) is 3.19. The molecule has 2 aliphatic carbocycles. The molecule has 3 nitrogen and oxygen atoms in total. The number of aromatic nitrogens is 2. The van der Waals surface area contributed by atoms with E-state index in [4.69, 9.17) is 0 Å². The van der Waals surface area contributed by atoms with E-state index in [0.717, 1.165) is 18.4 Å². The lowest BCUT2D eigenvalue weighted by Gasteiger charge is -2.24. The van der Waals surface area contributed by atoms with Crippen molar-refractivity contribution in [1.82, 2.24) is 15.3 Å². The van der Waals surface area contributed by atoms with E-state index in [1.165, 1.54) is 60.5 Å². The lowest BCUT2D eigenvalue weighted by Crippen LogP contribution is -2.27. The van der Waals surface area contributed by atoms with E-state index in [1.807, 2.05) is 23.6 Å². The van der Waals surface area contributed by atoms with Gasteiger partial charge in [-0.1, -0.05) is 25.3 Å². The Hall–Kier alpha value is -1.26. The second-order valence-electron chi connectivity index (χ2n) is 6.95. The second kappa shape index (κ2) is 7.10. The molecule has 0 saturated heterocycles. The van der Waals surface area contributed by atoms with Crippen molar-refractivity contribution in [2.24, 2.45) is 5.92 Å². The van der Waals surface area contributed by atoms with Gasteiger partial charge in [-0.15, -0.1) is 11.3 Å². The van der Waals surface area contributed by atoms with Crippen LogP contribution in [0.25, 0.3) is 0 Å². The minimum atomic E-state index is 0.382. The van der Waals surface area contributed by atoms with Crippen molar-refractivity contribution in [3.05, 3.63) is 46.2 Å². The van der Waals surface area contributed by atoms with E-state index >= 15 is 0 Å². The molecule has 0 aromatic carbocycles. The van der Waals surface area contributed by atoms with Crippen molar-refractivity contribution >= 4 is 11.3 Å². The largest absolute Gasteiger partial charge is 0.303 e. The van der Waals surface area contributed by atoms with Gasteiger partial charge in [-0.05, 0) is 43.7 Å². The molecule has 0 radical (unpaired) electrons. The molecule has 2 aliphatic rings. The molecule has 2 fully saturated rings. The van der Waals surface area contributed by atoms with Crippen LogP contribution in [0.5, 0.6) is 0 Å². The molecule has 0 unspecified atom stereocenters. The van der Waals surface area contributed by atoms with Gasteiger partial charge in [0.25, 0.3) is 0 Å². The highest BCUT2D eigenvalue weighted by molar-refractivity contribution is 7.11. The highest BCUT2D eigenvalue weighted by Gasteiger charge is 2.27. The molecule has 1 N–H and O–H groups in total. The average molecular weight is 327 g/mol. The van der Waals surface area contributed by atoms with Gasteiger partial charge in [0.1, 0.15) is 0 Å². The Morgan fingerprint density at radius 1 is 1.09 bits per heavy atom. The summed E-state index contributed by atoms with van der Waals surface area (Å²) in [5.74, 6) is 1.47. The minimum absolute atomic E-state index is 0.382. The molecular formula is C19H25N3S. The molecule has 0 spiro atoms. The molecule has 0 aliphatic heterocycles. The summed E-state index contributed by atoms with van der Waals surface area (Å²) in [7, 11) is 0. The molecule has 0 amide bonds. The number of thiazole rings is 1. The van der Waals surface area contributed by atoms with Gasteiger partial charge in [0.15, 0.2) is 0 Å². The molecule has 4 rings (SSSR count). The number of hydrogen-bond acceptors (Lipinski definition) is 4. The van der Waals surface area contributed by atoms with Crippen molar-refractivity contribution in [2.45, 2.75) is 63.5 Å². The van der Waals surface area contributed by atoms with E-state index in [1.54, 1.807) is 0 Å². The summed E-state index contributed by atoms with van der Waals surface area (Å²) < 4.78 is 0. The summed E-state index contributed by atoms with van der Waals surface area (Å²) in [6.45, 7) is 0.919. The van der Waals surface area contributed by atoms with Crippen molar-refractivity contribution < 1.29 is 0 Å². The zero-order valence-electron chi connectivity index (χ0n) is 13.6. The summed E-state index contributed by atoms with van der Waals surface area (Å²) in [4.78, 5) is 10.6. The van der Waals surface area contributed by atoms with Crippen LogP contribution in [0.2, 0.25) is 0 Å². The Kier molecular flexibility index (Phi) is 4.72. The first-order valence-electron chi connectivity index (χ1n) is 8.99. The minimum Gasteiger partial charge on any atom is -0.303 e. The van der Waals surface area contributed by atoms with E-state index in [-0.39, 0.29) is 0 Å². The van der Waals surface area contributed by atoms with E-state index < -0.39 is 0 Å². The summed E-state index contributed by atoms with van der Waals surface area (Å²) in [5.41, 5.74) is 1.20. The number of nitrogens with one attached hydrogen (secondary N) is 1. The van der Waals surface area contributed by atoms with Crippen LogP contribution in [-0.2, 0) is 6.54 Å². The van der Waals surface area contributed by atoms with Gasteiger partial charge in [0.05, 0.1) is 16.7 Å². The van der Waals surface area contributed by atoms with Gasteiger partial charge in [0.2, 0.25) is 0 Å². The highest BCUT2D eigenvalue weighted by atomic mass is 32.1. The zero-order valence-corrected chi connectivity index (χ0v) is 14.4. The fourth-order valence-corrected chi connectivity index (χ4v) is 4.86. The van der Waals surface area contributed by atoms with Crippen LogP contribution in [0, 0.1) is 5.92 Å². The lowest BCUT2D eigenvalue weighted by atomic mass is 9.86. The highest BCUT2D eigenvalue weighted by Crippen LogP contribution is 2.39. The Labute approximate surface area is 142 Å². The van der Waals surface area contributed by atoms with Gasteiger partial charge in [-0.3, -0.25) is 4.98 Å². The summed E-state index contributed by atoms with van der Waals surface area (Å²) in [6.07, 6.45) is 13.4. The predicted octanol–water partition coefficient (Wildman–Crippen LogP) is 4.83. The van der Waals surface area contributed by atoms with Gasteiger partial charge >= 0.3 is 0 Å². The maximum Gasteiger partial charge on any atom is 0.0959 e. The molecule has 1 atom stereocenters. The molecular weight excluding hydrogens is 302 g/mol. The quantitative estimate of drug-likeness (QED) is 0.826. The second-order valence-corrected chi connectivity index (χ2v) is 8.10. The standard InChI is InChI=1S/C19H25N3S/c1-2-7-14(6-1)18(17-10-3-4-11-20-17)21-12-16-13-22-19(23-16)15-8-5-9-15/h3-4,10-11,13-15,18,21H,1-2,5-9,12H2/t18-/m1/s1. The molecule has 23 heavy (non-hydrogen) atoms. The first-order valence-corrected chi connectivity index (χ1v) is 9.81. The first kappa shape index (κ1) is 15.3. The van der Waals surface area contributed by atoms with E-state index in [0.29, 0.717) is 6.04 Å². The van der Waals surface area contributed by atoms with Crippen LogP contribution in [0.3, 0.4) is 0 Å². The number of pyridine rings is 1. The fraction of sp³-hybridized carbons (Fsp3) is 0.579. The van der Waals surface area contributed by atoms with Crippen molar-refractivity contribution in [3.63, 3.8) is 0 Å². The SMILES string of the molecule is c1ccc([C@H](NCc2cnc(C3CCC3)s2)C2CCCC2)nc1. The van der Waals surface area contributed by atoms with Gasteiger partial charge in [0, 0.05) is 29.7 Å². The summed E-state index contributed by atoms with van der Waals surface area (Å²) >= 11 is 1.90. The summed E-state index contributed by atoms with van der Waals surface area (Å²) in [5, 5.41) is 5.14. The smallest absolute Gasteiger partial charge is 0.0959 e. The number of nitrogens with zero attached hydrogens (tertiary/aromatic N) is 2. The zero-order chi connectivity index (χ0) is 15.5. The Bertz CT molecular complexity index is 615. The summed E-state index contributed by atoms with van der Waals surface area (Å²) in [6, 6.07) is 6.66. The van der Waals surface area contributed by atoms with Gasteiger partial charge in [-0.2, -0.15) is 0 Å². The van der Waals surface area contributed by atoms with Crippen LogP contribution in [0.1, 0.15) is 72.5 Å². The van der Waals surface area contributed by atoms with Crippen LogP contribution < -0.4 is 5.32 Å². The maximum atomic E-state index is 4.65. The maximum absolute atomic E-state index is 4.65. The molecule has 2 saturated carbocycles. The van der Waals surface area contributed by atoms with Crippen LogP contribution in [0.4, 0.5) is 0 Å². The Morgan fingerprint density at radius 2 is 1.96 bits per heavy atom. The van der Waals surface area contributed by atoms with Crippen LogP contribution in [-0.4, -0.2) is 9.97 Å². The number of rotatable bonds is 6. The molecule has 0 bridgehead atoms. The predicted molar refractivity (Wildman–Crippen MR) is 94.5 cm³/mol. The molecule has 2 aromatic heterocycles. The third-order valence-corrected chi connectivity index (χ3v) is 6.56. The van der Waals surface area contributed by atoms with E-state index in [9.17, 15) is 0 Å². The van der Waals surface area contributed by atoms with Gasteiger partial charge < -0.3 is 5.32 Å². The molecule has 2 aromatic rings. The van der Waals surface area contributed by atoms with Crippen LogP contribution >= 0.6 is 11.3 Å². The van der Waals surface area contributed by atoms with Crippen molar-refractivity contribution in [3.8, 4) is 0 Å². The molecule has 4 heteroatoms.